The van der Waals surface area contributed by atoms with Gasteiger partial charge >= 0.3 is 23.9 Å². The SMILES string of the molecule is C=CC(=O)OCCCOCC(COCCCOC(=O)C=C)(COCCC(=O)O)COCCC(=O)O. The number of carboxylic acids is 2. The number of carbonyl (C=O) groups excluding carboxylic acids is 2. The summed E-state index contributed by atoms with van der Waals surface area (Å²) in [6.45, 7) is 7.56. The van der Waals surface area contributed by atoms with Crippen LogP contribution in [0.3, 0.4) is 0 Å². The lowest BCUT2D eigenvalue weighted by Gasteiger charge is -2.33. The van der Waals surface area contributed by atoms with Crippen LogP contribution >= 0.6 is 0 Å². The summed E-state index contributed by atoms with van der Waals surface area (Å²) in [7, 11) is 0. The molecule has 0 bridgehead atoms. The minimum Gasteiger partial charge on any atom is -0.481 e. The molecule has 0 aliphatic carbocycles. The Bertz CT molecular complexity index is 605. The summed E-state index contributed by atoms with van der Waals surface area (Å²) in [6.07, 6.45) is 2.58. The van der Waals surface area contributed by atoms with Crippen molar-refractivity contribution < 1.29 is 57.8 Å². The Morgan fingerprint density at radius 2 is 0.943 bits per heavy atom. The monoisotopic (exact) mass is 504 g/mol. The average Bonchev–Trinajstić information content (AvgIpc) is 2.83. The van der Waals surface area contributed by atoms with Crippen LogP contribution in [0.5, 0.6) is 0 Å². The maximum absolute atomic E-state index is 11.1. The number of ether oxygens (including phenoxy) is 6. The number of carbonyl (C=O) groups is 4. The Labute approximate surface area is 204 Å². The minimum atomic E-state index is -1.01. The lowest BCUT2D eigenvalue weighted by atomic mass is 9.92. The first-order valence-electron chi connectivity index (χ1n) is 11.1. The van der Waals surface area contributed by atoms with Crippen molar-refractivity contribution in [2.45, 2.75) is 25.7 Å². The Balaban J connectivity index is 4.94. The lowest BCUT2D eigenvalue weighted by molar-refractivity contribution is -0.140. The molecule has 0 aromatic heterocycles. The van der Waals surface area contributed by atoms with E-state index in [1.807, 2.05) is 0 Å². The molecule has 0 aliphatic rings. The number of esters is 2. The Hall–Kier alpha value is -2.80. The topological polar surface area (TPSA) is 164 Å². The predicted octanol–water partition coefficient (Wildman–Crippen LogP) is 1.23. The van der Waals surface area contributed by atoms with E-state index in [-0.39, 0.29) is 78.9 Å². The van der Waals surface area contributed by atoms with Crippen molar-refractivity contribution >= 4 is 23.9 Å². The van der Waals surface area contributed by atoms with Gasteiger partial charge in [-0.15, -0.1) is 0 Å². The van der Waals surface area contributed by atoms with E-state index in [1.54, 1.807) is 0 Å². The van der Waals surface area contributed by atoms with Gasteiger partial charge in [-0.25, -0.2) is 9.59 Å². The van der Waals surface area contributed by atoms with Crippen LogP contribution in [-0.2, 0) is 47.6 Å². The molecule has 12 nitrogen and oxygen atoms in total. The van der Waals surface area contributed by atoms with Gasteiger partial charge in [-0.3, -0.25) is 9.59 Å². The molecule has 0 unspecified atom stereocenters. The van der Waals surface area contributed by atoms with Gasteiger partial charge in [0.05, 0.1) is 71.1 Å². The second-order valence-electron chi connectivity index (χ2n) is 7.45. The van der Waals surface area contributed by atoms with Gasteiger partial charge in [-0.05, 0) is 0 Å². The zero-order valence-electron chi connectivity index (χ0n) is 19.9. The Morgan fingerprint density at radius 3 is 1.26 bits per heavy atom. The third-order valence-electron chi connectivity index (χ3n) is 4.24. The number of aliphatic carboxylic acids is 2. The largest absolute Gasteiger partial charge is 0.481 e. The molecular weight excluding hydrogens is 468 g/mol. The second-order valence-corrected chi connectivity index (χ2v) is 7.45. The van der Waals surface area contributed by atoms with Crippen molar-refractivity contribution in [3.05, 3.63) is 25.3 Å². The van der Waals surface area contributed by atoms with Crippen molar-refractivity contribution in [2.75, 3.05) is 66.1 Å². The van der Waals surface area contributed by atoms with E-state index in [0.29, 0.717) is 12.8 Å². The van der Waals surface area contributed by atoms with E-state index in [1.165, 1.54) is 0 Å². The van der Waals surface area contributed by atoms with E-state index in [0.717, 1.165) is 12.2 Å². The number of rotatable bonds is 24. The molecular formula is C23H36O12. The van der Waals surface area contributed by atoms with E-state index >= 15 is 0 Å². The highest BCUT2D eigenvalue weighted by molar-refractivity contribution is 5.81. The summed E-state index contributed by atoms with van der Waals surface area (Å²) in [5.74, 6) is -3.09. The molecule has 0 saturated heterocycles. The summed E-state index contributed by atoms with van der Waals surface area (Å²) in [5.41, 5.74) is -0.868. The molecule has 0 aliphatic heterocycles. The van der Waals surface area contributed by atoms with Gasteiger partial charge in [-0.1, -0.05) is 13.2 Å². The molecule has 0 rings (SSSR count). The zero-order chi connectivity index (χ0) is 26.4. The van der Waals surface area contributed by atoms with Crippen LogP contribution in [0.1, 0.15) is 25.7 Å². The first-order chi connectivity index (χ1) is 16.7. The van der Waals surface area contributed by atoms with Crippen molar-refractivity contribution in [2.24, 2.45) is 5.41 Å². The number of hydrogen-bond acceptors (Lipinski definition) is 10. The molecule has 12 heteroatoms. The smallest absolute Gasteiger partial charge is 0.330 e. The van der Waals surface area contributed by atoms with E-state index in [4.69, 9.17) is 38.6 Å². The number of hydrogen-bond donors (Lipinski definition) is 2. The third-order valence-corrected chi connectivity index (χ3v) is 4.24. The number of carboxylic acid groups (broad SMARTS) is 2. The molecule has 200 valence electrons. The van der Waals surface area contributed by atoms with Gasteiger partial charge in [0.2, 0.25) is 0 Å². The van der Waals surface area contributed by atoms with Crippen molar-refractivity contribution in [1.82, 2.24) is 0 Å². The minimum absolute atomic E-state index is 0.0320. The molecule has 0 atom stereocenters. The molecule has 0 aromatic carbocycles. The average molecular weight is 505 g/mol. The highest BCUT2D eigenvalue weighted by Crippen LogP contribution is 2.21. The van der Waals surface area contributed by atoms with Crippen LogP contribution < -0.4 is 0 Å². The van der Waals surface area contributed by atoms with Crippen LogP contribution in [-0.4, -0.2) is 100 Å². The molecule has 0 aromatic rings. The zero-order valence-corrected chi connectivity index (χ0v) is 19.9. The molecule has 0 heterocycles. The van der Waals surface area contributed by atoms with Crippen LogP contribution in [0.15, 0.2) is 25.3 Å². The van der Waals surface area contributed by atoms with E-state index < -0.39 is 29.3 Å². The molecule has 0 spiro atoms. The van der Waals surface area contributed by atoms with E-state index in [2.05, 4.69) is 13.2 Å². The fraction of sp³-hybridized carbons (Fsp3) is 0.652. The second kappa shape index (κ2) is 20.6. The fourth-order valence-corrected chi connectivity index (χ4v) is 2.51. The van der Waals surface area contributed by atoms with Gasteiger partial charge in [0.15, 0.2) is 0 Å². The van der Waals surface area contributed by atoms with Crippen LogP contribution in [0.2, 0.25) is 0 Å². The Kier molecular flexibility index (Phi) is 18.9. The highest BCUT2D eigenvalue weighted by atomic mass is 16.5. The summed E-state index contributed by atoms with van der Waals surface area (Å²) in [6, 6.07) is 0. The first-order valence-corrected chi connectivity index (χ1v) is 11.1. The summed E-state index contributed by atoms with van der Waals surface area (Å²) in [5, 5.41) is 17.7. The van der Waals surface area contributed by atoms with Crippen LogP contribution in [0.4, 0.5) is 0 Å². The summed E-state index contributed by atoms with van der Waals surface area (Å²) < 4.78 is 32.3. The maximum Gasteiger partial charge on any atom is 0.330 e. The fourth-order valence-electron chi connectivity index (χ4n) is 2.51. The molecule has 2 N–H and O–H groups in total. The van der Waals surface area contributed by atoms with Crippen LogP contribution in [0.25, 0.3) is 0 Å². The normalized spacial score (nSPS) is 11.0. The standard InChI is InChI=1S/C23H36O12/c1-3-21(28)34-11-5-9-30-15-23(17-32-13-7-19(24)25,18-33-14-8-20(26)27)16-31-10-6-12-35-22(29)4-2/h3-4H,1-2,5-18H2,(H,24,25)(H,26,27). The third kappa shape index (κ3) is 19.2. The quantitative estimate of drug-likeness (QED) is 0.110. The molecule has 35 heavy (non-hydrogen) atoms. The molecule has 0 saturated carbocycles. The lowest BCUT2D eigenvalue weighted by Crippen LogP contribution is -2.42. The predicted molar refractivity (Wildman–Crippen MR) is 122 cm³/mol. The Morgan fingerprint density at radius 1 is 0.600 bits per heavy atom. The van der Waals surface area contributed by atoms with Gasteiger partial charge in [0.1, 0.15) is 0 Å². The van der Waals surface area contributed by atoms with Gasteiger partial charge < -0.3 is 38.6 Å². The van der Waals surface area contributed by atoms with Crippen molar-refractivity contribution in [3.8, 4) is 0 Å². The molecule has 0 radical (unpaired) electrons. The first kappa shape index (κ1) is 32.2. The molecule has 0 amide bonds. The summed E-state index contributed by atoms with van der Waals surface area (Å²) >= 11 is 0. The van der Waals surface area contributed by atoms with Crippen LogP contribution in [0, 0.1) is 5.41 Å². The highest BCUT2D eigenvalue weighted by Gasteiger charge is 2.32. The van der Waals surface area contributed by atoms with Crippen molar-refractivity contribution in [3.63, 3.8) is 0 Å². The van der Waals surface area contributed by atoms with Gasteiger partial charge in [-0.2, -0.15) is 0 Å². The van der Waals surface area contributed by atoms with E-state index in [9.17, 15) is 19.2 Å². The molecule has 0 fully saturated rings. The van der Waals surface area contributed by atoms with Gasteiger partial charge in [0.25, 0.3) is 0 Å². The van der Waals surface area contributed by atoms with Gasteiger partial charge in [0, 0.05) is 38.2 Å². The summed E-state index contributed by atoms with van der Waals surface area (Å²) in [4.78, 5) is 43.8. The van der Waals surface area contributed by atoms with Crippen molar-refractivity contribution in [1.29, 1.82) is 0 Å². The maximum atomic E-state index is 11.1.